The zero-order chi connectivity index (χ0) is 28.4. The molecular formula is C14H19F13O7Si. The molecule has 0 atom stereocenters. The third-order valence-corrected chi connectivity index (χ3v) is 6.86. The number of rotatable bonds is 14. The molecule has 35 heavy (non-hydrogen) atoms. The summed E-state index contributed by atoms with van der Waals surface area (Å²) in [6.07, 6.45) is -36.5. The Kier molecular flexibility index (Phi) is 10.5. The second-order valence-corrected chi connectivity index (χ2v) is 9.38. The molecule has 0 saturated heterocycles. The van der Waals surface area contributed by atoms with Crippen LogP contribution in [0.4, 0.5) is 57.1 Å². The van der Waals surface area contributed by atoms with Crippen molar-refractivity contribution in [2.45, 2.75) is 80.9 Å². The Morgan fingerprint density at radius 2 is 1.03 bits per heavy atom. The number of hydrogen-bond donors (Lipinski definition) is 4. The van der Waals surface area contributed by atoms with Gasteiger partial charge in [0, 0.05) is 6.42 Å². The molecule has 0 unspecified atom stereocenters. The van der Waals surface area contributed by atoms with Crippen LogP contribution in [0.1, 0.15) is 39.0 Å². The molecule has 0 aliphatic heterocycles. The van der Waals surface area contributed by atoms with Crippen molar-refractivity contribution >= 4 is 8.80 Å². The summed E-state index contributed by atoms with van der Waals surface area (Å²) in [5.74, 6) is -4.78. The second-order valence-electron chi connectivity index (χ2n) is 6.96. The molecule has 212 valence electrons. The van der Waals surface area contributed by atoms with Gasteiger partial charge in [-0.25, -0.2) is 4.39 Å². The van der Waals surface area contributed by atoms with Gasteiger partial charge in [0.1, 0.15) is 0 Å². The predicted octanol–water partition coefficient (Wildman–Crippen LogP) is 3.72. The first-order valence-corrected chi connectivity index (χ1v) is 10.8. The van der Waals surface area contributed by atoms with Gasteiger partial charge in [0.15, 0.2) is 6.67 Å². The number of aliphatic hydroxyl groups is 4. The maximum absolute atomic E-state index is 13.5. The first-order chi connectivity index (χ1) is 15.2. The van der Waals surface area contributed by atoms with Crippen LogP contribution in [0.5, 0.6) is 0 Å². The van der Waals surface area contributed by atoms with Gasteiger partial charge >= 0.3 is 39.5 Å². The highest BCUT2D eigenvalue weighted by Crippen LogP contribution is 2.49. The monoisotopic (exact) mass is 574 g/mol. The lowest BCUT2D eigenvalue weighted by Gasteiger charge is -2.46. The van der Waals surface area contributed by atoms with E-state index in [9.17, 15) is 77.5 Å². The van der Waals surface area contributed by atoms with Crippen LogP contribution in [0.15, 0.2) is 0 Å². The van der Waals surface area contributed by atoms with Crippen molar-refractivity contribution in [3.05, 3.63) is 0 Å². The molecule has 0 rings (SSSR count). The minimum Gasteiger partial charge on any atom is -0.361 e. The zero-order valence-corrected chi connectivity index (χ0v) is 18.2. The predicted molar refractivity (Wildman–Crippen MR) is 85.0 cm³/mol. The molecular weight excluding hydrogens is 555 g/mol. The number of halogens is 13. The van der Waals surface area contributed by atoms with E-state index in [0.717, 1.165) is 0 Å². The van der Waals surface area contributed by atoms with Crippen LogP contribution < -0.4 is 0 Å². The van der Waals surface area contributed by atoms with Gasteiger partial charge < -0.3 is 33.7 Å². The van der Waals surface area contributed by atoms with Crippen molar-refractivity contribution in [2.24, 2.45) is 0 Å². The fourth-order valence-corrected chi connectivity index (χ4v) is 4.69. The molecule has 0 spiro atoms. The maximum Gasteiger partial charge on any atom is 0.582 e. The zero-order valence-electron chi connectivity index (χ0n) is 17.2. The van der Waals surface area contributed by atoms with Crippen LogP contribution in [0.3, 0.4) is 0 Å². The largest absolute Gasteiger partial charge is 0.582 e. The third kappa shape index (κ3) is 8.00. The Labute approximate surface area is 188 Å². The van der Waals surface area contributed by atoms with Crippen LogP contribution in [0.25, 0.3) is 0 Å². The molecule has 0 aromatic carbocycles. The molecule has 0 amide bonds. The highest BCUT2D eigenvalue weighted by molar-refractivity contribution is 6.64. The van der Waals surface area contributed by atoms with Crippen molar-refractivity contribution in [3.8, 4) is 0 Å². The smallest absolute Gasteiger partial charge is 0.361 e. The van der Waals surface area contributed by atoms with Crippen molar-refractivity contribution in [1.82, 2.24) is 0 Å². The van der Waals surface area contributed by atoms with E-state index in [0.29, 0.717) is 6.42 Å². The fourth-order valence-electron chi connectivity index (χ4n) is 2.17. The quantitative estimate of drug-likeness (QED) is 0.108. The van der Waals surface area contributed by atoms with Gasteiger partial charge in [-0.2, -0.15) is 52.7 Å². The standard InChI is InChI=1S/C14H19F13O7Si/c1-2-3-4-5-6-8(28,29)14(30,31)35(32-9(16,17)7-15,33-12(24,25)10(18,19)20)34-13(26,27)11(21,22)23/h28-31H,2-7H2,1H3. The highest BCUT2D eigenvalue weighted by Gasteiger charge is 2.82. The van der Waals surface area contributed by atoms with Crippen LogP contribution in [0.2, 0.25) is 0 Å². The van der Waals surface area contributed by atoms with E-state index in [1.807, 2.05) is 0 Å². The summed E-state index contributed by atoms with van der Waals surface area (Å²) in [5, 5.41) is 39.4. The summed E-state index contributed by atoms with van der Waals surface area (Å²) in [4.78, 5) is 0. The van der Waals surface area contributed by atoms with Gasteiger partial charge in [-0.1, -0.05) is 26.2 Å². The second kappa shape index (κ2) is 10.8. The van der Waals surface area contributed by atoms with E-state index in [1.54, 1.807) is 6.92 Å². The summed E-state index contributed by atoms with van der Waals surface area (Å²) in [5.41, 5.74) is -5.81. The van der Waals surface area contributed by atoms with Crippen LogP contribution >= 0.6 is 0 Å². The third-order valence-electron chi connectivity index (χ3n) is 3.99. The van der Waals surface area contributed by atoms with E-state index < -0.39 is 70.2 Å². The molecule has 0 heterocycles. The topological polar surface area (TPSA) is 109 Å². The Balaban J connectivity index is 7.12. The van der Waals surface area contributed by atoms with Crippen molar-refractivity contribution in [1.29, 1.82) is 0 Å². The lowest BCUT2D eigenvalue weighted by Crippen LogP contribution is -2.79. The van der Waals surface area contributed by atoms with E-state index in [4.69, 9.17) is 0 Å². The van der Waals surface area contributed by atoms with Gasteiger partial charge in [-0.3, -0.25) is 0 Å². The van der Waals surface area contributed by atoms with Crippen molar-refractivity contribution in [3.63, 3.8) is 0 Å². The van der Waals surface area contributed by atoms with E-state index >= 15 is 0 Å². The van der Waals surface area contributed by atoms with E-state index in [2.05, 4.69) is 13.3 Å². The van der Waals surface area contributed by atoms with Crippen molar-refractivity contribution < 1.29 is 90.8 Å². The number of alkyl halides is 13. The lowest BCUT2D eigenvalue weighted by atomic mass is 10.1. The van der Waals surface area contributed by atoms with E-state index in [-0.39, 0.29) is 12.8 Å². The molecule has 0 aliphatic rings. The van der Waals surface area contributed by atoms with Gasteiger partial charge in [0.2, 0.25) is 5.79 Å². The molecule has 0 fully saturated rings. The summed E-state index contributed by atoms with van der Waals surface area (Å²) in [6, 6.07) is 0. The number of unbranched alkanes of at least 4 members (excludes halogenated alkanes) is 3. The van der Waals surface area contributed by atoms with Crippen LogP contribution in [-0.4, -0.2) is 77.8 Å². The van der Waals surface area contributed by atoms with Crippen molar-refractivity contribution in [2.75, 3.05) is 6.67 Å². The minimum absolute atomic E-state index is 0.134. The highest BCUT2D eigenvalue weighted by atomic mass is 28.4. The lowest BCUT2D eigenvalue weighted by molar-refractivity contribution is -0.430. The molecule has 0 bridgehead atoms. The maximum atomic E-state index is 13.5. The molecule has 0 aromatic rings. The summed E-state index contributed by atoms with van der Waals surface area (Å²) in [6.45, 7) is -1.82. The molecule has 7 nitrogen and oxygen atoms in total. The van der Waals surface area contributed by atoms with E-state index in [1.165, 1.54) is 0 Å². The molecule has 0 aliphatic carbocycles. The van der Waals surface area contributed by atoms with Crippen LogP contribution in [-0.2, 0) is 13.3 Å². The Morgan fingerprint density at radius 3 is 1.34 bits per heavy atom. The average Bonchev–Trinajstić information content (AvgIpc) is 2.62. The molecule has 21 heteroatoms. The normalized spacial score (nSPS) is 15.6. The molecule has 0 saturated carbocycles. The molecule has 0 aromatic heterocycles. The molecule has 4 N–H and O–H groups in total. The first kappa shape index (κ1) is 34.0. The average molecular weight is 574 g/mol. The summed E-state index contributed by atoms with van der Waals surface area (Å²) < 4.78 is 177. The summed E-state index contributed by atoms with van der Waals surface area (Å²) >= 11 is 0. The Morgan fingerprint density at radius 1 is 0.629 bits per heavy atom. The first-order valence-electron chi connectivity index (χ1n) is 9.07. The summed E-state index contributed by atoms with van der Waals surface area (Å²) in [7, 11) is -8.69. The van der Waals surface area contributed by atoms with Gasteiger partial charge in [-0.05, 0) is 6.42 Å². The Bertz CT molecular complexity index is 654. The minimum atomic E-state index is -8.69. The van der Waals surface area contributed by atoms with Gasteiger partial charge in [0.25, 0.3) is 5.41 Å². The molecule has 0 radical (unpaired) electrons. The van der Waals surface area contributed by atoms with Crippen LogP contribution in [0, 0.1) is 0 Å². The fraction of sp³-hybridized carbons (Fsp3) is 1.00. The van der Waals surface area contributed by atoms with Gasteiger partial charge in [0.05, 0.1) is 0 Å². The van der Waals surface area contributed by atoms with Gasteiger partial charge in [-0.15, -0.1) is 0 Å². The number of hydrogen-bond acceptors (Lipinski definition) is 7. The Hall–Kier alpha value is -0.973. The SMILES string of the molecule is CCCCCCC(O)(O)C(O)(O)[Si](OC(F)(F)CF)(OC(F)(F)C(F)(F)F)OC(F)(F)C(F)(F)F.